The number of aromatic nitrogens is 2. The molecule has 10 heteroatoms. The molecule has 1 amide bonds. The first kappa shape index (κ1) is 18.9. The predicted molar refractivity (Wildman–Crippen MR) is 84.1 cm³/mol. The molecular weight excluding hydrogens is 330 g/mol. The Kier molecular flexibility index (Phi) is 6.79. The number of carbonyl (C=O) groups excluding carboxylic acids is 1. The minimum atomic E-state index is -3.76. The smallest absolute Gasteiger partial charge is 0.260 e. The lowest BCUT2D eigenvalue weighted by Gasteiger charge is -2.35. The second kappa shape index (κ2) is 7.91. The number of carbonyl (C=O) groups is 1. The molecule has 2 rings (SSSR count). The average molecular weight is 352 g/mol. The van der Waals surface area contributed by atoms with E-state index in [2.05, 4.69) is 9.71 Å². The highest BCUT2D eigenvalue weighted by molar-refractivity contribution is 7.89. The number of rotatable bonds is 5. The summed E-state index contributed by atoms with van der Waals surface area (Å²) >= 11 is 0. The van der Waals surface area contributed by atoms with Crippen LogP contribution in [0.25, 0.3) is 0 Å². The van der Waals surface area contributed by atoms with Gasteiger partial charge in [-0.15, -0.1) is 12.4 Å². The van der Waals surface area contributed by atoms with Crippen molar-refractivity contribution in [2.24, 2.45) is 12.8 Å². The number of amides is 1. The lowest BCUT2D eigenvalue weighted by atomic mass is 10.0. The minimum Gasteiger partial charge on any atom is -0.339 e. The summed E-state index contributed by atoms with van der Waals surface area (Å²) in [4.78, 5) is 17.6. The Morgan fingerprint density at radius 1 is 1.50 bits per heavy atom. The fraction of sp³-hybridized carbons (Fsp3) is 0.667. The maximum Gasteiger partial charge on any atom is 0.260 e. The van der Waals surface area contributed by atoms with E-state index in [1.807, 2.05) is 0 Å². The molecule has 0 aromatic carbocycles. The summed E-state index contributed by atoms with van der Waals surface area (Å²) in [6.45, 7) is 0.764. The van der Waals surface area contributed by atoms with E-state index in [1.165, 1.54) is 17.1 Å². The van der Waals surface area contributed by atoms with E-state index in [9.17, 15) is 13.2 Å². The molecule has 1 unspecified atom stereocenters. The summed E-state index contributed by atoms with van der Waals surface area (Å²) in [6, 6.07) is 0.00519. The van der Waals surface area contributed by atoms with Crippen LogP contribution in [0.4, 0.5) is 0 Å². The van der Waals surface area contributed by atoms with Crippen LogP contribution in [0.3, 0.4) is 0 Å². The van der Waals surface area contributed by atoms with Gasteiger partial charge < -0.3 is 15.2 Å². The van der Waals surface area contributed by atoms with E-state index in [1.54, 1.807) is 11.9 Å². The zero-order valence-electron chi connectivity index (χ0n) is 12.4. The molecule has 1 fully saturated rings. The molecule has 1 aliphatic heterocycles. The third-order valence-electron chi connectivity index (χ3n) is 3.59. The van der Waals surface area contributed by atoms with Gasteiger partial charge in [0.05, 0.1) is 12.9 Å². The highest BCUT2D eigenvalue weighted by Crippen LogP contribution is 2.16. The van der Waals surface area contributed by atoms with Gasteiger partial charge in [-0.3, -0.25) is 4.79 Å². The van der Waals surface area contributed by atoms with Crippen molar-refractivity contribution in [1.82, 2.24) is 19.2 Å². The topological polar surface area (TPSA) is 110 Å². The SMILES string of the molecule is Cl.Cn1cnc(S(=O)(=O)NCC(=O)N2CCCCC2CN)c1. The van der Waals surface area contributed by atoms with Gasteiger partial charge >= 0.3 is 0 Å². The first-order valence-corrected chi connectivity index (χ1v) is 8.39. The van der Waals surface area contributed by atoms with E-state index in [-0.39, 0.29) is 35.9 Å². The molecule has 3 N–H and O–H groups in total. The summed E-state index contributed by atoms with van der Waals surface area (Å²) in [7, 11) is -2.08. The zero-order valence-corrected chi connectivity index (χ0v) is 14.1. The molecule has 0 spiro atoms. The summed E-state index contributed by atoms with van der Waals surface area (Å²) < 4.78 is 27.8. The van der Waals surface area contributed by atoms with Crippen LogP contribution in [0.2, 0.25) is 0 Å². The van der Waals surface area contributed by atoms with Gasteiger partial charge in [-0.25, -0.2) is 18.1 Å². The van der Waals surface area contributed by atoms with Crippen molar-refractivity contribution in [3.8, 4) is 0 Å². The van der Waals surface area contributed by atoms with Crippen LogP contribution in [-0.2, 0) is 21.9 Å². The molecule has 1 atom stereocenters. The Bertz CT molecular complexity index is 604. The van der Waals surface area contributed by atoms with Crippen molar-refractivity contribution < 1.29 is 13.2 Å². The molecule has 0 radical (unpaired) electrons. The van der Waals surface area contributed by atoms with Crippen molar-refractivity contribution in [1.29, 1.82) is 0 Å². The van der Waals surface area contributed by atoms with Crippen molar-refractivity contribution >= 4 is 28.3 Å². The van der Waals surface area contributed by atoms with Crippen molar-refractivity contribution in [2.45, 2.75) is 30.3 Å². The molecule has 0 aliphatic carbocycles. The van der Waals surface area contributed by atoms with Gasteiger partial charge in [0.2, 0.25) is 5.91 Å². The van der Waals surface area contributed by atoms with Crippen LogP contribution in [-0.4, -0.2) is 54.5 Å². The number of hydrogen-bond donors (Lipinski definition) is 2. The molecule has 1 saturated heterocycles. The molecule has 1 aromatic heterocycles. The first-order chi connectivity index (χ1) is 9.94. The van der Waals surface area contributed by atoms with Crippen molar-refractivity contribution in [3.05, 3.63) is 12.5 Å². The number of aryl methyl sites for hydroxylation is 1. The Hall–Kier alpha value is -1.16. The number of imidazole rings is 1. The maximum atomic E-state index is 12.2. The van der Waals surface area contributed by atoms with Crippen LogP contribution >= 0.6 is 12.4 Å². The second-order valence-corrected chi connectivity index (χ2v) is 6.89. The highest BCUT2D eigenvalue weighted by atomic mass is 35.5. The molecule has 0 saturated carbocycles. The van der Waals surface area contributed by atoms with Crippen LogP contribution < -0.4 is 10.5 Å². The van der Waals surface area contributed by atoms with E-state index in [0.29, 0.717) is 13.1 Å². The summed E-state index contributed by atoms with van der Waals surface area (Å²) in [5.41, 5.74) is 5.66. The fourth-order valence-electron chi connectivity index (χ4n) is 2.43. The second-order valence-electron chi connectivity index (χ2n) is 5.17. The predicted octanol–water partition coefficient (Wildman–Crippen LogP) is -0.540. The molecule has 8 nitrogen and oxygen atoms in total. The number of piperidine rings is 1. The van der Waals surface area contributed by atoms with Crippen molar-refractivity contribution in [2.75, 3.05) is 19.6 Å². The third-order valence-corrected chi connectivity index (χ3v) is 4.88. The Morgan fingerprint density at radius 3 is 2.82 bits per heavy atom. The lowest BCUT2D eigenvalue weighted by Crippen LogP contribution is -2.50. The van der Waals surface area contributed by atoms with Gasteiger partial charge in [0.25, 0.3) is 10.0 Å². The minimum absolute atomic E-state index is 0. The fourth-order valence-corrected chi connectivity index (χ4v) is 3.39. The van der Waals surface area contributed by atoms with Gasteiger partial charge in [-0.2, -0.15) is 0 Å². The molecule has 22 heavy (non-hydrogen) atoms. The zero-order chi connectivity index (χ0) is 15.5. The van der Waals surface area contributed by atoms with Gasteiger partial charge in [-0.1, -0.05) is 0 Å². The number of hydrogen-bond acceptors (Lipinski definition) is 5. The van der Waals surface area contributed by atoms with E-state index < -0.39 is 10.0 Å². The summed E-state index contributed by atoms with van der Waals surface area (Å²) in [6.07, 6.45) is 5.62. The lowest BCUT2D eigenvalue weighted by molar-refractivity contribution is -0.133. The summed E-state index contributed by atoms with van der Waals surface area (Å²) in [5, 5.41) is -0.0909. The molecule has 1 aliphatic rings. The van der Waals surface area contributed by atoms with Crippen LogP contribution in [0.15, 0.2) is 17.6 Å². The van der Waals surface area contributed by atoms with E-state index in [0.717, 1.165) is 19.3 Å². The number of nitrogens with zero attached hydrogens (tertiary/aromatic N) is 3. The number of likely N-dealkylation sites (tertiary alicyclic amines) is 1. The quantitative estimate of drug-likeness (QED) is 0.740. The maximum absolute atomic E-state index is 12.2. The van der Waals surface area contributed by atoms with E-state index >= 15 is 0 Å². The number of halogens is 1. The Morgan fingerprint density at radius 2 is 2.23 bits per heavy atom. The van der Waals surface area contributed by atoms with Gasteiger partial charge in [-0.05, 0) is 19.3 Å². The molecule has 2 heterocycles. The molecular formula is C12H22ClN5O3S. The number of nitrogens with one attached hydrogen (secondary N) is 1. The van der Waals surface area contributed by atoms with E-state index in [4.69, 9.17) is 5.73 Å². The number of nitrogens with two attached hydrogens (primary N) is 1. The van der Waals surface area contributed by atoms with Crippen LogP contribution in [0.1, 0.15) is 19.3 Å². The molecule has 0 bridgehead atoms. The standard InChI is InChI=1S/C12H21N5O3S.ClH/c1-16-8-11(14-9-16)21(19,20)15-7-12(18)17-5-3-2-4-10(17)6-13;/h8-10,15H,2-7,13H2,1H3;1H. The van der Waals surface area contributed by atoms with Crippen LogP contribution in [0.5, 0.6) is 0 Å². The summed E-state index contributed by atoms with van der Waals surface area (Å²) in [5.74, 6) is -0.246. The van der Waals surface area contributed by atoms with Gasteiger partial charge in [0, 0.05) is 32.4 Å². The highest BCUT2D eigenvalue weighted by Gasteiger charge is 2.27. The normalized spacial score (nSPS) is 18.8. The van der Waals surface area contributed by atoms with Crippen LogP contribution in [0, 0.1) is 0 Å². The third kappa shape index (κ3) is 4.42. The van der Waals surface area contributed by atoms with Gasteiger partial charge in [0.15, 0.2) is 5.03 Å². The van der Waals surface area contributed by atoms with Gasteiger partial charge in [0.1, 0.15) is 0 Å². The first-order valence-electron chi connectivity index (χ1n) is 6.91. The largest absolute Gasteiger partial charge is 0.339 e. The number of sulfonamides is 1. The Labute approximate surface area is 136 Å². The molecule has 126 valence electrons. The Balaban J connectivity index is 0.00000242. The monoisotopic (exact) mass is 351 g/mol. The van der Waals surface area contributed by atoms with Crippen molar-refractivity contribution in [3.63, 3.8) is 0 Å². The molecule has 1 aromatic rings. The average Bonchev–Trinajstić information content (AvgIpc) is 2.92.